The number of carbonyl (C=O) groups is 1. The summed E-state index contributed by atoms with van der Waals surface area (Å²) < 4.78 is 0. The molecule has 5 heteroatoms. The third kappa shape index (κ3) is 2.84. The summed E-state index contributed by atoms with van der Waals surface area (Å²) in [6, 6.07) is 1.97. The first-order chi connectivity index (χ1) is 9.04. The van der Waals surface area contributed by atoms with Crippen LogP contribution >= 0.6 is 11.6 Å². The molecule has 2 heterocycles. The van der Waals surface area contributed by atoms with Crippen LogP contribution in [0, 0.1) is 5.92 Å². The van der Waals surface area contributed by atoms with Gasteiger partial charge < -0.3 is 10.2 Å². The lowest BCUT2D eigenvalue weighted by molar-refractivity contribution is 0.0551. The maximum Gasteiger partial charge on any atom is 0.255 e. The number of halogens is 1. The summed E-state index contributed by atoms with van der Waals surface area (Å²) in [4.78, 5) is 18.7. The molecule has 0 aromatic carbocycles. The van der Waals surface area contributed by atoms with Crippen molar-refractivity contribution in [3.63, 3.8) is 0 Å². The number of hydrogen-bond donors (Lipinski definition) is 1. The molecule has 1 fully saturated rings. The fourth-order valence-electron chi connectivity index (χ4n) is 2.52. The molecule has 0 saturated carbocycles. The first-order valence-electron chi connectivity index (χ1n) is 6.69. The quantitative estimate of drug-likeness (QED) is 0.906. The highest BCUT2D eigenvalue weighted by Gasteiger charge is 2.30. The lowest BCUT2D eigenvalue weighted by atomic mass is 9.91. The number of pyridine rings is 1. The van der Waals surface area contributed by atoms with Crippen molar-refractivity contribution in [2.24, 2.45) is 5.92 Å². The van der Waals surface area contributed by atoms with Crippen LogP contribution in [0.15, 0.2) is 12.3 Å². The van der Waals surface area contributed by atoms with Crippen LogP contribution in [-0.4, -0.2) is 35.4 Å². The zero-order valence-electron chi connectivity index (χ0n) is 11.6. The number of hydrogen-bond acceptors (Lipinski definition) is 3. The van der Waals surface area contributed by atoms with E-state index in [9.17, 15) is 4.79 Å². The Kier molecular flexibility index (Phi) is 4.30. The van der Waals surface area contributed by atoms with Crippen LogP contribution in [0.5, 0.6) is 0 Å². The normalized spacial score (nSPS) is 23.3. The van der Waals surface area contributed by atoms with Crippen molar-refractivity contribution in [2.45, 2.75) is 32.7 Å². The molecule has 1 aliphatic heterocycles. The number of aromatic nitrogens is 1. The first kappa shape index (κ1) is 14.1. The lowest BCUT2D eigenvalue weighted by Gasteiger charge is -2.38. The van der Waals surface area contributed by atoms with Gasteiger partial charge in [0, 0.05) is 25.8 Å². The predicted octanol–water partition coefficient (Wildman–Crippen LogP) is 3.04. The fraction of sp³-hybridized carbons (Fsp3) is 0.571. The molecular weight excluding hydrogens is 262 g/mol. The third-order valence-corrected chi connectivity index (χ3v) is 4.28. The Labute approximate surface area is 119 Å². The highest BCUT2D eigenvalue weighted by atomic mass is 35.5. The van der Waals surface area contributed by atoms with E-state index in [4.69, 9.17) is 11.6 Å². The SMILES string of the molecule is CNc1cc(C(=O)N2CCCC(C)C2C)c(Cl)cn1. The molecule has 0 radical (unpaired) electrons. The van der Waals surface area contributed by atoms with Gasteiger partial charge in [0.15, 0.2) is 0 Å². The van der Waals surface area contributed by atoms with E-state index in [1.54, 1.807) is 13.1 Å². The van der Waals surface area contributed by atoms with E-state index in [0.29, 0.717) is 22.3 Å². The van der Waals surface area contributed by atoms with Crippen LogP contribution in [0.3, 0.4) is 0 Å². The minimum atomic E-state index is 0.00273. The topological polar surface area (TPSA) is 45.2 Å². The fourth-order valence-corrected chi connectivity index (χ4v) is 2.70. The molecule has 0 aliphatic carbocycles. The number of nitrogens with one attached hydrogen (secondary N) is 1. The molecule has 104 valence electrons. The molecule has 1 N–H and O–H groups in total. The van der Waals surface area contributed by atoms with E-state index in [-0.39, 0.29) is 11.9 Å². The van der Waals surface area contributed by atoms with E-state index in [1.807, 2.05) is 4.90 Å². The second-order valence-corrected chi connectivity index (χ2v) is 5.57. The smallest absolute Gasteiger partial charge is 0.255 e. The number of carbonyl (C=O) groups excluding carboxylic acids is 1. The van der Waals surface area contributed by atoms with Gasteiger partial charge in [-0.15, -0.1) is 0 Å². The molecule has 4 nitrogen and oxygen atoms in total. The summed E-state index contributed by atoms with van der Waals surface area (Å²) >= 11 is 6.11. The van der Waals surface area contributed by atoms with Gasteiger partial charge in [0.1, 0.15) is 5.82 Å². The van der Waals surface area contributed by atoms with Crippen molar-refractivity contribution in [2.75, 3.05) is 18.9 Å². The Morgan fingerprint density at radius 1 is 1.53 bits per heavy atom. The number of piperidine rings is 1. The summed E-state index contributed by atoms with van der Waals surface area (Å²) in [5.41, 5.74) is 0.530. The van der Waals surface area contributed by atoms with Gasteiger partial charge in [0.05, 0.1) is 10.6 Å². The Bertz CT molecular complexity index is 478. The molecule has 1 amide bonds. The van der Waals surface area contributed by atoms with E-state index in [2.05, 4.69) is 24.1 Å². The van der Waals surface area contributed by atoms with Gasteiger partial charge in [-0.25, -0.2) is 4.98 Å². The molecule has 2 unspecified atom stereocenters. The molecule has 1 aromatic heterocycles. The molecule has 1 saturated heterocycles. The molecule has 2 atom stereocenters. The molecule has 19 heavy (non-hydrogen) atoms. The second kappa shape index (κ2) is 5.78. The summed E-state index contributed by atoms with van der Waals surface area (Å²) in [5, 5.41) is 3.34. The zero-order valence-corrected chi connectivity index (χ0v) is 12.4. The van der Waals surface area contributed by atoms with Crippen LogP contribution in [0.4, 0.5) is 5.82 Å². The minimum Gasteiger partial charge on any atom is -0.373 e. The number of anilines is 1. The molecule has 1 aliphatic rings. The number of nitrogens with zero attached hydrogens (tertiary/aromatic N) is 2. The maximum absolute atomic E-state index is 12.6. The van der Waals surface area contributed by atoms with Gasteiger partial charge in [-0.3, -0.25) is 4.79 Å². The highest BCUT2D eigenvalue weighted by Crippen LogP contribution is 2.27. The van der Waals surface area contributed by atoms with Crippen LogP contribution in [0.25, 0.3) is 0 Å². The average molecular weight is 282 g/mol. The molecule has 1 aromatic rings. The van der Waals surface area contributed by atoms with Crippen molar-refractivity contribution in [1.82, 2.24) is 9.88 Å². The van der Waals surface area contributed by atoms with Gasteiger partial charge in [-0.1, -0.05) is 18.5 Å². The minimum absolute atomic E-state index is 0.00273. The van der Waals surface area contributed by atoms with E-state index in [0.717, 1.165) is 13.0 Å². The first-order valence-corrected chi connectivity index (χ1v) is 7.06. The average Bonchev–Trinajstić information content (AvgIpc) is 2.42. The van der Waals surface area contributed by atoms with Gasteiger partial charge in [-0.2, -0.15) is 0 Å². The van der Waals surface area contributed by atoms with Crippen molar-refractivity contribution in [3.8, 4) is 0 Å². The van der Waals surface area contributed by atoms with Gasteiger partial charge >= 0.3 is 0 Å². The standard InChI is InChI=1S/C14H20ClN3O/c1-9-5-4-6-18(10(9)2)14(19)11-7-13(16-3)17-8-12(11)15/h7-10H,4-6H2,1-3H3,(H,16,17). The third-order valence-electron chi connectivity index (χ3n) is 3.98. The van der Waals surface area contributed by atoms with Gasteiger partial charge in [0.25, 0.3) is 5.91 Å². The Balaban J connectivity index is 2.28. The largest absolute Gasteiger partial charge is 0.373 e. The Morgan fingerprint density at radius 2 is 2.26 bits per heavy atom. The molecule has 0 spiro atoms. The van der Waals surface area contributed by atoms with E-state index < -0.39 is 0 Å². The summed E-state index contributed by atoms with van der Waals surface area (Å²) in [5.74, 6) is 1.19. The van der Waals surface area contributed by atoms with Gasteiger partial charge in [-0.05, 0) is 31.7 Å². The van der Waals surface area contributed by atoms with Crippen LogP contribution in [0.1, 0.15) is 37.0 Å². The predicted molar refractivity (Wildman–Crippen MR) is 77.7 cm³/mol. The van der Waals surface area contributed by atoms with Gasteiger partial charge in [0.2, 0.25) is 0 Å². The Morgan fingerprint density at radius 3 is 2.95 bits per heavy atom. The molecule has 0 bridgehead atoms. The van der Waals surface area contributed by atoms with Crippen LogP contribution in [0.2, 0.25) is 5.02 Å². The zero-order chi connectivity index (χ0) is 14.0. The molecular formula is C14H20ClN3O. The Hall–Kier alpha value is -1.29. The number of rotatable bonds is 2. The van der Waals surface area contributed by atoms with E-state index >= 15 is 0 Å². The molecule has 2 rings (SSSR count). The summed E-state index contributed by atoms with van der Waals surface area (Å²) in [6.45, 7) is 5.10. The number of likely N-dealkylation sites (tertiary alicyclic amines) is 1. The van der Waals surface area contributed by atoms with Crippen molar-refractivity contribution in [1.29, 1.82) is 0 Å². The van der Waals surface area contributed by atoms with E-state index in [1.165, 1.54) is 12.6 Å². The lowest BCUT2D eigenvalue weighted by Crippen LogP contribution is -2.46. The summed E-state index contributed by atoms with van der Waals surface area (Å²) in [7, 11) is 1.77. The monoisotopic (exact) mass is 281 g/mol. The van der Waals surface area contributed by atoms with Crippen molar-refractivity contribution < 1.29 is 4.79 Å². The van der Waals surface area contributed by atoms with Crippen LogP contribution < -0.4 is 5.32 Å². The highest BCUT2D eigenvalue weighted by molar-refractivity contribution is 6.33. The maximum atomic E-state index is 12.6. The van der Waals surface area contributed by atoms with Crippen molar-refractivity contribution >= 4 is 23.3 Å². The van der Waals surface area contributed by atoms with Crippen LogP contribution in [-0.2, 0) is 0 Å². The number of amides is 1. The van der Waals surface area contributed by atoms with Crippen molar-refractivity contribution in [3.05, 3.63) is 22.8 Å². The second-order valence-electron chi connectivity index (χ2n) is 5.16. The summed E-state index contributed by atoms with van der Waals surface area (Å²) in [6.07, 6.45) is 3.76.